The van der Waals surface area contributed by atoms with Gasteiger partial charge < -0.3 is 15.7 Å². The molecule has 0 aliphatic carbocycles. The Bertz CT molecular complexity index is 144. The Hall–Kier alpha value is -0.910. The maximum Gasteiger partial charge on any atom is 0.240 e. The number of primary amides is 1. The van der Waals surface area contributed by atoms with E-state index in [0.717, 1.165) is 6.08 Å². The van der Waals surface area contributed by atoms with Crippen LogP contribution in [0.3, 0.4) is 0 Å². The van der Waals surface area contributed by atoms with Gasteiger partial charge in [0, 0.05) is 13.1 Å². The maximum absolute atomic E-state index is 9.47. The van der Waals surface area contributed by atoms with E-state index in [1.54, 1.807) is 0 Å². The second kappa shape index (κ2) is 6.78. The molecule has 12 heavy (non-hydrogen) atoms. The molecule has 5 heteroatoms. The first-order valence-electron chi connectivity index (χ1n) is 3.60. The van der Waals surface area contributed by atoms with Crippen molar-refractivity contribution in [1.29, 1.82) is 0 Å². The standard InChI is InChI=1S/C4H9NO2.C3H5NO/c6-5-1-3-7-4-2-5;1-2-3(4)5/h6H,1-4H2;2H,1H2,(H2,4,5). The van der Waals surface area contributed by atoms with Crippen molar-refractivity contribution in [1.82, 2.24) is 5.06 Å². The Morgan fingerprint density at radius 3 is 2.17 bits per heavy atom. The number of morpholine rings is 1. The predicted molar refractivity (Wildman–Crippen MR) is 43.6 cm³/mol. The van der Waals surface area contributed by atoms with E-state index in [1.807, 2.05) is 0 Å². The van der Waals surface area contributed by atoms with Crippen molar-refractivity contribution in [2.75, 3.05) is 26.3 Å². The van der Waals surface area contributed by atoms with E-state index in [1.165, 1.54) is 5.06 Å². The molecule has 1 aliphatic heterocycles. The highest BCUT2D eigenvalue weighted by atomic mass is 16.5. The van der Waals surface area contributed by atoms with Crippen molar-refractivity contribution < 1.29 is 14.7 Å². The van der Waals surface area contributed by atoms with Crippen LogP contribution in [0.25, 0.3) is 0 Å². The molecule has 70 valence electrons. The van der Waals surface area contributed by atoms with Gasteiger partial charge in [-0.1, -0.05) is 6.58 Å². The van der Waals surface area contributed by atoms with Crippen molar-refractivity contribution >= 4 is 5.91 Å². The summed E-state index contributed by atoms with van der Waals surface area (Å²) in [6.07, 6.45) is 1.06. The summed E-state index contributed by atoms with van der Waals surface area (Å²) >= 11 is 0. The summed E-state index contributed by atoms with van der Waals surface area (Å²) in [5.74, 6) is -0.481. The largest absolute Gasteiger partial charge is 0.379 e. The normalized spacial score (nSPS) is 17.4. The summed E-state index contributed by atoms with van der Waals surface area (Å²) in [5.41, 5.74) is 4.53. The van der Waals surface area contributed by atoms with Gasteiger partial charge in [-0.2, -0.15) is 5.06 Å². The van der Waals surface area contributed by atoms with Crippen LogP contribution in [-0.4, -0.2) is 42.5 Å². The zero-order valence-electron chi connectivity index (χ0n) is 6.90. The lowest BCUT2D eigenvalue weighted by Crippen LogP contribution is -2.33. The second-order valence-corrected chi connectivity index (χ2v) is 2.17. The average molecular weight is 174 g/mol. The van der Waals surface area contributed by atoms with E-state index < -0.39 is 5.91 Å². The van der Waals surface area contributed by atoms with Gasteiger partial charge in [-0.15, -0.1) is 0 Å². The number of nitrogens with zero attached hydrogens (tertiary/aromatic N) is 1. The minimum absolute atomic E-state index is 0.481. The fourth-order valence-electron chi connectivity index (χ4n) is 0.554. The van der Waals surface area contributed by atoms with Gasteiger partial charge in [0.15, 0.2) is 0 Å². The third kappa shape index (κ3) is 7.20. The topological polar surface area (TPSA) is 75.8 Å². The number of amides is 1. The van der Waals surface area contributed by atoms with Crippen LogP contribution in [0, 0.1) is 0 Å². The highest BCUT2D eigenvalue weighted by molar-refractivity contribution is 5.84. The summed E-state index contributed by atoms with van der Waals surface area (Å²) in [6.45, 7) is 5.72. The monoisotopic (exact) mass is 174 g/mol. The van der Waals surface area contributed by atoms with E-state index in [0.29, 0.717) is 26.3 Å². The zero-order valence-corrected chi connectivity index (χ0v) is 6.90. The molecule has 0 saturated carbocycles. The first kappa shape index (κ1) is 11.1. The van der Waals surface area contributed by atoms with Gasteiger partial charge in [0.2, 0.25) is 5.91 Å². The summed E-state index contributed by atoms with van der Waals surface area (Å²) in [7, 11) is 0. The molecule has 1 fully saturated rings. The molecule has 0 aromatic heterocycles. The van der Waals surface area contributed by atoms with Gasteiger partial charge in [0.25, 0.3) is 0 Å². The van der Waals surface area contributed by atoms with Crippen LogP contribution in [0.15, 0.2) is 12.7 Å². The van der Waals surface area contributed by atoms with Crippen LogP contribution < -0.4 is 5.73 Å². The highest BCUT2D eigenvalue weighted by Gasteiger charge is 2.04. The van der Waals surface area contributed by atoms with Gasteiger partial charge in [0.05, 0.1) is 13.2 Å². The molecule has 1 rings (SSSR count). The quantitative estimate of drug-likeness (QED) is 0.519. The molecule has 3 N–H and O–H groups in total. The SMILES string of the molecule is C=CC(N)=O.ON1CCOCC1. The third-order valence-corrected chi connectivity index (χ3v) is 1.19. The van der Waals surface area contributed by atoms with E-state index in [2.05, 4.69) is 12.3 Å². The lowest BCUT2D eigenvalue weighted by Gasteiger charge is -2.19. The van der Waals surface area contributed by atoms with Crippen LogP contribution >= 0.6 is 0 Å². The van der Waals surface area contributed by atoms with Crippen LogP contribution in [0.4, 0.5) is 0 Å². The minimum atomic E-state index is -0.481. The van der Waals surface area contributed by atoms with Crippen molar-refractivity contribution in [3.63, 3.8) is 0 Å². The average Bonchev–Trinajstić information content (AvgIpc) is 2.07. The number of ether oxygens (including phenoxy) is 1. The molecule has 0 unspecified atom stereocenters. The minimum Gasteiger partial charge on any atom is -0.379 e. The molecule has 0 atom stereocenters. The smallest absolute Gasteiger partial charge is 0.240 e. The Balaban J connectivity index is 0.000000217. The fourth-order valence-corrected chi connectivity index (χ4v) is 0.554. The lowest BCUT2D eigenvalue weighted by atomic mass is 10.5. The van der Waals surface area contributed by atoms with E-state index in [-0.39, 0.29) is 0 Å². The molecular weight excluding hydrogens is 160 g/mol. The Morgan fingerprint density at radius 1 is 1.58 bits per heavy atom. The molecule has 0 radical (unpaired) electrons. The Labute approximate surface area is 71.4 Å². The van der Waals surface area contributed by atoms with Gasteiger partial charge in [-0.25, -0.2) is 0 Å². The van der Waals surface area contributed by atoms with Crippen molar-refractivity contribution in [2.24, 2.45) is 5.73 Å². The molecule has 0 spiro atoms. The molecule has 0 bridgehead atoms. The number of nitrogens with two attached hydrogens (primary N) is 1. The first-order valence-corrected chi connectivity index (χ1v) is 3.60. The first-order chi connectivity index (χ1) is 5.66. The van der Waals surface area contributed by atoms with Gasteiger partial charge in [-0.3, -0.25) is 4.79 Å². The van der Waals surface area contributed by atoms with Crippen LogP contribution in [0.1, 0.15) is 0 Å². The van der Waals surface area contributed by atoms with Crippen LogP contribution in [0.2, 0.25) is 0 Å². The molecule has 5 nitrogen and oxygen atoms in total. The zero-order chi connectivity index (χ0) is 9.40. The summed E-state index contributed by atoms with van der Waals surface area (Å²) in [6, 6.07) is 0. The van der Waals surface area contributed by atoms with E-state index in [9.17, 15) is 4.79 Å². The fraction of sp³-hybridized carbons (Fsp3) is 0.571. The predicted octanol–water partition coefficient (Wildman–Crippen LogP) is -0.634. The number of carbonyl (C=O) groups is 1. The van der Waals surface area contributed by atoms with Crippen LogP contribution in [-0.2, 0) is 9.53 Å². The van der Waals surface area contributed by atoms with Crippen molar-refractivity contribution in [3.8, 4) is 0 Å². The molecule has 0 aromatic rings. The summed E-state index contributed by atoms with van der Waals surface area (Å²) in [4.78, 5) is 9.47. The van der Waals surface area contributed by atoms with Gasteiger partial charge >= 0.3 is 0 Å². The second-order valence-electron chi connectivity index (χ2n) is 2.17. The van der Waals surface area contributed by atoms with Gasteiger partial charge in [0.1, 0.15) is 0 Å². The van der Waals surface area contributed by atoms with E-state index in [4.69, 9.17) is 9.94 Å². The molecule has 1 saturated heterocycles. The van der Waals surface area contributed by atoms with Gasteiger partial charge in [-0.05, 0) is 6.08 Å². The molecular formula is C7H14N2O3. The summed E-state index contributed by atoms with van der Waals surface area (Å²) < 4.78 is 4.94. The number of hydrogen-bond acceptors (Lipinski definition) is 4. The highest BCUT2D eigenvalue weighted by Crippen LogP contribution is 1.89. The Kier molecular flexibility index (Phi) is 6.26. The summed E-state index contributed by atoms with van der Waals surface area (Å²) in [5, 5.41) is 9.93. The lowest BCUT2D eigenvalue weighted by molar-refractivity contribution is -0.143. The Morgan fingerprint density at radius 2 is 2.00 bits per heavy atom. The van der Waals surface area contributed by atoms with Crippen LogP contribution in [0.5, 0.6) is 0 Å². The number of rotatable bonds is 1. The molecule has 1 aliphatic rings. The van der Waals surface area contributed by atoms with E-state index >= 15 is 0 Å². The number of carbonyl (C=O) groups excluding carboxylic acids is 1. The number of hydroxylamine groups is 2. The molecule has 1 heterocycles. The third-order valence-electron chi connectivity index (χ3n) is 1.19. The molecule has 0 aromatic carbocycles. The van der Waals surface area contributed by atoms with Crippen molar-refractivity contribution in [2.45, 2.75) is 0 Å². The van der Waals surface area contributed by atoms with Crippen molar-refractivity contribution in [3.05, 3.63) is 12.7 Å². The maximum atomic E-state index is 9.47. The number of hydrogen-bond donors (Lipinski definition) is 2. The molecule has 1 amide bonds.